The topological polar surface area (TPSA) is 44.5 Å². The molecule has 0 spiro atoms. The largest absolute Gasteiger partial charge is 0.489 e. The minimum Gasteiger partial charge on any atom is -0.489 e. The molecule has 21 heavy (non-hydrogen) atoms. The average molecular weight is 348 g/mol. The van der Waals surface area contributed by atoms with Gasteiger partial charge in [-0.1, -0.05) is 40.2 Å². The molecule has 2 aromatic carbocycles. The summed E-state index contributed by atoms with van der Waals surface area (Å²) in [6.45, 7) is 2.48. The molecule has 0 saturated heterocycles. The van der Waals surface area contributed by atoms with Crippen LogP contribution < -0.4 is 15.2 Å². The van der Waals surface area contributed by atoms with E-state index in [4.69, 9.17) is 15.2 Å². The first-order chi connectivity index (χ1) is 10.1. The van der Waals surface area contributed by atoms with Gasteiger partial charge in [-0.25, -0.2) is 0 Å². The quantitative estimate of drug-likeness (QED) is 0.913. The van der Waals surface area contributed by atoms with Crippen LogP contribution in [-0.4, -0.2) is 12.7 Å². The monoisotopic (exact) mass is 347 g/mol. The number of hydrogen-bond donors (Lipinski definition) is 1. The zero-order valence-corrected chi connectivity index (χ0v) is 13.5. The summed E-state index contributed by atoms with van der Waals surface area (Å²) in [6.07, 6.45) is 0.944. The number of para-hydroxylation sites is 1. The summed E-state index contributed by atoms with van der Waals surface area (Å²) in [5.74, 6) is 1.78. The Morgan fingerprint density at radius 2 is 2.14 bits per heavy atom. The first-order valence-electron chi connectivity index (χ1n) is 7.06. The predicted octanol–water partition coefficient (Wildman–Crippen LogP) is 3.85. The Hall–Kier alpha value is -1.52. The van der Waals surface area contributed by atoms with Gasteiger partial charge < -0.3 is 15.2 Å². The first kappa shape index (κ1) is 14.4. The second kappa shape index (κ2) is 6.08. The van der Waals surface area contributed by atoms with Crippen LogP contribution >= 0.6 is 15.9 Å². The van der Waals surface area contributed by atoms with Crippen LogP contribution in [0.1, 0.15) is 24.1 Å². The maximum atomic E-state index is 5.99. The zero-order chi connectivity index (χ0) is 14.8. The van der Waals surface area contributed by atoms with Gasteiger partial charge in [0.1, 0.15) is 24.2 Å². The van der Waals surface area contributed by atoms with Gasteiger partial charge >= 0.3 is 0 Å². The van der Waals surface area contributed by atoms with Crippen LogP contribution in [0.15, 0.2) is 46.9 Å². The third-order valence-corrected chi connectivity index (χ3v) is 4.10. The molecule has 2 atom stereocenters. The van der Waals surface area contributed by atoms with Crippen LogP contribution in [0.3, 0.4) is 0 Å². The van der Waals surface area contributed by atoms with Crippen molar-refractivity contribution in [3.05, 3.63) is 58.1 Å². The Morgan fingerprint density at radius 3 is 2.90 bits per heavy atom. The summed E-state index contributed by atoms with van der Waals surface area (Å²) in [6, 6.07) is 14.0. The van der Waals surface area contributed by atoms with E-state index in [1.807, 2.05) is 43.3 Å². The molecule has 0 aliphatic carbocycles. The Morgan fingerprint density at radius 1 is 1.33 bits per heavy atom. The number of ether oxygens (including phenoxy) is 2. The molecule has 1 aliphatic heterocycles. The standard InChI is InChI=1S/C17H18BrNO2/c1-11(19)15-7-6-13(18)9-17(15)20-10-14-8-12-4-2-3-5-16(12)21-14/h2-7,9,11,14H,8,10,19H2,1H3/t11-,14?/m0/s1. The molecular weight excluding hydrogens is 330 g/mol. The van der Waals surface area contributed by atoms with Crippen LogP contribution in [0.4, 0.5) is 0 Å². The van der Waals surface area contributed by atoms with Crippen molar-refractivity contribution in [2.24, 2.45) is 5.73 Å². The van der Waals surface area contributed by atoms with Crippen molar-refractivity contribution in [2.75, 3.05) is 6.61 Å². The fourth-order valence-corrected chi connectivity index (χ4v) is 2.88. The molecule has 3 rings (SSSR count). The fraction of sp³-hybridized carbons (Fsp3) is 0.294. The summed E-state index contributed by atoms with van der Waals surface area (Å²) in [5.41, 5.74) is 8.24. The summed E-state index contributed by atoms with van der Waals surface area (Å²) >= 11 is 3.47. The van der Waals surface area contributed by atoms with Crippen LogP contribution in [0.2, 0.25) is 0 Å². The Bertz CT molecular complexity index is 617. The fourth-order valence-electron chi connectivity index (χ4n) is 2.54. The molecule has 1 heterocycles. The molecule has 1 unspecified atom stereocenters. The summed E-state index contributed by atoms with van der Waals surface area (Å²) < 4.78 is 12.8. The molecule has 2 aromatic rings. The molecule has 1 aliphatic rings. The highest BCUT2D eigenvalue weighted by Gasteiger charge is 2.23. The third-order valence-electron chi connectivity index (χ3n) is 3.60. The van der Waals surface area contributed by atoms with E-state index >= 15 is 0 Å². The van der Waals surface area contributed by atoms with E-state index in [9.17, 15) is 0 Å². The molecule has 0 saturated carbocycles. The molecule has 0 bridgehead atoms. The van der Waals surface area contributed by atoms with E-state index in [0.717, 1.165) is 28.0 Å². The minimum absolute atomic E-state index is 0.0577. The van der Waals surface area contributed by atoms with E-state index in [-0.39, 0.29) is 12.1 Å². The lowest BCUT2D eigenvalue weighted by molar-refractivity contribution is 0.147. The van der Waals surface area contributed by atoms with Crippen molar-refractivity contribution in [1.29, 1.82) is 0 Å². The van der Waals surface area contributed by atoms with Crippen molar-refractivity contribution in [3.8, 4) is 11.5 Å². The van der Waals surface area contributed by atoms with Crippen LogP contribution in [-0.2, 0) is 6.42 Å². The third kappa shape index (κ3) is 3.22. The number of halogens is 1. The molecular formula is C17H18BrNO2. The van der Waals surface area contributed by atoms with E-state index in [1.54, 1.807) is 0 Å². The smallest absolute Gasteiger partial charge is 0.137 e. The van der Waals surface area contributed by atoms with Gasteiger partial charge in [-0.15, -0.1) is 0 Å². The van der Waals surface area contributed by atoms with Crippen LogP contribution in [0, 0.1) is 0 Å². The second-order valence-corrected chi connectivity index (χ2v) is 6.25. The molecule has 4 heteroatoms. The molecule has 0 amide bonds. The summed E-state index contributed by atoms with van der Waals surface area (Å²) in [7, 11) is 0. The number of fused-ring (bicyclic) bond motifs is 1. The van der Waals surface area contributed by atoms with Gasteiger partial charge in [-0.05, 0) is 30.7 Å². The number of rotatable bonds is 4. The van der Waals surface area contributed by atoms with Crippen molar-refractivity contribution in [1.82, 2.24) is 0 Å². The average Bonchev–Trinajstić information content (AvgIpc) is 2.87. The SMILES string of the molecule is C[C@H](N)c1ccc(Br)cc1OCC1Cc2ccccc2O1. The molecule has 0 fully saturated rings. The summed E-state index contributed by atoms with van der Waals surface area (Å²) in [4.78, 5) is 0. The highest BCUT2D eigenvalue weighted by Crippen LogP contribution is 2.31. The van der Waals surface area contributed by atoms with E-state index < -0.39 is 0 Å². The van der Waals surface area contributed by atoms with Crippen molar-refractivity contribution >= 4 is 15.9 Å². The lowest BCUT2D eigenvalue weighted by atomic mass is 10.1. The van der Waals surface area contributed by atoms with Gasteiger partial charge in [0.05, 0.1) is 0 Å². The lowest BCUT2D eigenvalue weighted by Gasteiger charge is -2.17. The maximum Gasteiger partial charge on any atom is 0.137 e. The van der Waals surface area contributed by atoms with Crippen LogP contribution in [0.5, 0.6) is 11.5 Å². The number of benzene rings is 2. The molecule has 0 radical (unpaired) electrons. The predicted molar refractivity (Wildman–Crippen MR) is 86.8 cm³/mol. The minimum atomic E-state index is -0.0604. The molecule has 3 nitrogen and oxygen atoms in total. The molecule has 2 N–H and O–H groups in total. The highest BCUT2D eigenvalue weighted by atomic mass is 79.9. The van der Waals surface area contributed by atoms with Crippen molar-refractivity contribution in [2.45, 2.75) is 25.5 Å². The summed E-state index contributed by atoms with van der Waals surface area (Å²) in [5, 5.41) is 0. The lowest BCUT2D eigenvalue weighted by Crippen LogP contribution is -2.23. The van der Waals surface area contributed by atoms with E-state index in [2.05, 4.69) is 22.0 Å². The number of nitrogens with two attached hydrogens (primary N) is 1. The first-order valence-corrected chi connectivity index (χ1v) is 7.85. The van der Waals surface area contributed by atoms with Crippen molar-refractivity contribution < 1.29 is 9.47 Å². The molecule has 0 aromatic heterocycles. The maximum absolute atomic E-state index is 5.99. The van der Waals surface area contributed by atoms with Gasteiger partial charge in [0, 0.05) is 22.5 Å². The van der Waals surface area contributed by atoms with Gasteiger partial charge in [0.25, 0.3) is 0 Å². The number of hydrogen-bond acceptors (Lipinski definition) is 3. The van der Waals surface area contributed by atoms with E-state index in [0.29, 0.717) is 6.61 Å². The van der Waals surface area contributed by atoms with Gasteiger partial charge in [0.2, 0.25) is 0 Å². The normalized spacial score (nSPS) is 18.0. The van der Waals surface area contributed by atoms with Crippen LogP contribution in [0.25, 0.3) is 0 Å². The van der Waals surface area contributed by atoms with Gasteiger partial charge in [-0.3, -0.25) is 0 Å². The van der Waals surface area contributed by atoms with Gasteiger partial charge in [0.15, 0.2) is 0 Å². The Labute approximate surface area is 133 Å². The molecule has 110 valence electrons. The van der Waals surface area contributed by atoms with Gasteiger partial charge in [-0.2, -0.15) is 0 Å². The Kier molecular flexibility index (Phi) is 4.17. The second-order valence-electron chi connectivity index (χ2n) is 5.33. The highest BCUT2D eigenvalue weighted by molar-refractivity contribution is 9.10. The zero-order valence-electron chi connectivity index (χ0n) is 11.9. The van der Waals surface area contributed by atoms with E-state index in [1.165, 1.54) is 5.56 Å². The Balaban J connectivity index is 1.68. The van der Waals surface area contributed by atoms with Crippen molar-refractivity contribution in [3.63, 3.8) is 0 Å².